The lowest BCUT2D eigenvalue weighted by Gasteiger charge is -2.08. The summed E-state index contributed by atoms with van der Waals surface area (Å²) in [4.78, 5) is 13.3. The van der Waals surface area contributed by atoms with Crippen molar-refractivity contribution < 1.29 is 4.74 Å². The molecule has 0 bridgehead atoms. The zero-order chi connectivity index (χ0) is 14.7. The highest BCUT2D eigenvalue weighted by atomic mass is 16.5. The summed E-state index contributed by atoms with van der Waals surface area (Å²) < 4.78 is 5.13. The van der Waals surface area contributed by atoms with E-state index >= 15 is 0 Å². The molecule has 0 aliphatic heterocycles. The molecular formula is C16H16N4O. The summed E-state index contributed by atoms with van der Waals surface area (Å²) in [6.45, 7) is 0.387. The number of nitrogens with zero attached hydrogens (tertiary/aromatic N) is 3. The predicted octanol–water partition coefficient (Wildman–Crippen LogP) is 2.88. The van der Waals surface area contributed by atoms with Crippen LogP contribution in [0.15, 0.2) is 42.6 Å². The summed E-state index contributed by atoms with van der Waals surface area (Å²) in [5.41, 5.74) is 2.88. The fraction of sp³-hybridized carbons (Fsp3) is 0.188. The highest BCUT2D eigenvalue weighted by molar-refractivity contribution is 5.83. The van der Waals surface area contributed by atoms with Crippen LogP contribution in [0.25, 0.3) is 22.2 Å². The van der Waals surface area contributed by atoms with E-state index in [-0.39, 0.29) is 0 Å². The van der Waals surface area contributed by atoms with Gasteiger partial charge in [-0.15, -0.1) is 0 Å². The van der Waals surface area contributed by atoms with Crippen molar-refractivity contribution in [3.05, 3.63) is 48.4 Å². The summed E-state index contributed by atoms with van der Waals surface area (Å²) in [6, 6.07) is 12.0. The topological polar surface area (TPSA) is 59.9 Å². The Hall–Kier alpha value is -2.53. The van der Waals surface area contributed by atoms with Crippen LogP contribution in [0.1, 0.15) is 5.82 Å². The molecule has 0 fully saturated rings. The minimum absolute atomic E-state index is 0.387. The molecule has 0 unspecified atom stereocenters. The summed E-state index contributed by atoms with van der Waals surface area (Å²) >= 11 is 0. The van der Waals surface area contributed by atoms with Gasteiger partial charge in [0.1, 0.15) is 12.4 Å². The van der Waals surface area contributed by atoms with Crippen LogP contribution in [0.5, 0.6) is 0 Å². The summed E-state index contributed by atoms with van der Waals surface area (Å²) in [7, 11) is 3.48. The quantitative estimate of drug-likeness (QED) is 0.796. The molecule has 0 aliphatic carbocycles. The maximum Gasteiger partial charge on any atom is 0.157 e. The molecule has 0 radical (unpaired) electrons. The Morgan fingerprint density at radius 2 is 2.05 bits per heavy atom. The van der Waals surface area contributed by atoms with Crippen LogP contribution in [0, 0.1) is 0 Å². The average Bonchev–Trinajstić information content (AvgIpc) is 2.54. The van der Waals surface area contributed by atoms with Crippen LogP contribution in [-0.4, -0.2) is 29.1 Å². The van der Waals surface area contributed by atoms with Crippen LogP contribution < -0.4 is 5.32 Å². The summed E-state index contributed by atoms with van der Waals surface area (Å²) in [5, 5.41) is 4.14. The number of pyridine rings is 1. The van der Waals surface area contributed by atoms with Gasteiger partial charge in [-0.3, -0.25) is 4.98 Å². The Morgan fingerprint density at radius 3 is 2.86 bits per heavy atom. The Bertz CT molecular complexity index is 773. The standard InChI is InChI=1S/C16H16N4O/c1-17-15-9-14(19-16(20-15)10-21-2)12-5-6-13-11(8-12)4-3-7-18-13/h3-9H,10H2,1-2H3,(H,17,19,20). The fourth-order valence-corrected chi connectivity index (χ4v) is 2.20. The number of anilines is 1. The first-order chi connectivity index (χ1) is 10.3. The van der Waals surface area contributed by atoms with E-state index in [4.69, 9.17) is 4.74 Å². The smallest absolute Gasteiger partial charge is 0.157 e. The van der Waals surface area contributed by atoms with Crippen molar-refractivity contribution in [3.63, 3.8) is 0 Å². The van der Waals surface area contributed by atoms with Crippen LogP contribution in [0.4, 0.5) is 5.82 Å². The number of ether oxygens (including phenoxy) is 1. The van der Waals surface area contributed by atoms with Gasteiger partial charge in [-0.25, -0.2) is 9.97 Å². The van der Waals surface area contributed by atoms with E-state index in [1.807, 2.05) is 37.4 Å². The molecule has 1 N–H and O–H groups in total. The van der Waals surface area contributed by atoms with Crippen LogP contribution >= 0.6 is 0 Å². The van der Waals surface area contributed by atoms with Crippen molar-refractivity contribution in [2.45, 2.75) is 6.61 Å². The van der Waals surface area contributed by atoms with Gasteiger partial charge in [0.05, 0.1) is 11.2 Å². The maximum absolute atomic E-state index is 5.13. The van der Waals surface area contributed by atoms with E-state index in [2.05, 4.69) is 26.3 Å². The molecule has 0 saturated carbocycles. The van der Waals surface area contributed by atoms with Crippen molar-refractivity contribution in [1.29, 1.82) is 0 Å². The van der Waals surface area contributed by atoms with E-state index in [1.54, 1.807) is 13.3 Å². The molecule has 3 aromatic rings. The average molecular weight is 280 g/mol. The number of hydrogen-bond donors (Lipinski definition) is 1. The van der Waals surface area contributed by atoms with Crippen LogP contribution in [0.2, 0.25) is 0 Å². The van der Waals surface area contributed by atoms with E-state index in [9.17, 15) is 0 Å². The molecule has 1 aromatic carbocycles. The molecule has 0 amide bonds. The third-order valence-electron chi connectivity index (χ3n) is 3.20. The first kappa shape index (κ1) is 13.5. The van der Waals surface area contributed by atoms with Crippen molar-refractivity contribution >= 4 is 16.7 Å². The normalized spacial score (nSPS) is 10.8. The molecule has 21 heavy (non-hydrogen) atoms. The second-order valence-electron chi connectivity index (χ2n) is 4.65. The molecular weight excluding hydrogens is 264 g/mol. The monoisotopic (exact) mass is 280 g/mol. The van der Waals surface area contributed by atoms with Gasteiger partial charge in [0, 0.05) is 37.4 Å². The highest BCUT2D eigenvalue weighted by Crippen LogP contribution is 2.23. The van der Waals surface area contributed by atoms with Gasteiger partial charge < -0.3 is 10.1 Å². The molecule has 0 spiro atoms. The van der Waals surface area contributed by atoms with Crippen molar-refractivity contribution in [3.8, 4) is 11.3 Å². The minimum atomic E-state index is 0.387. The molecule has 3 rings (SSSR count). The molecule has 2 heterocycles. The third-order valence-corrected chi connectivity index (χ3v) is 3.20. The summed E-state index contributed by atoms with van der Waals surface area (Å²) in [5.74, 6) is 1.43. The van der Waals surface area contributed by atoms with Gasteiger partial charge >= 0.3 is 0 Å². The highest BCUT2D eigenvalue weighted by Gasteiger charge is 2.07. The molecule has 0 atom stereocenters. The van der Waals surface area contributed by atoms with E-state index in [1.165, 1.54) is 0 Å². The molecule has 2 aromatic heterocycles. The van der Waals surface area contributed by atoms with E-state index < -0.39 is 0 Å². The zero-order valence-electron chi connectivity index (χ0n) is 12.0. The molecule has 0 aliphatic rings. The van der Waals surface area contributed by atoms with Gasteiger partial charge in [-0.2, -0.15) is 0 Å². The number of benzene rings is 1. The molecule has 5 nitrogen and oxygen atoms in total. The Morgan fingerprint density at radius 1 is 1.14 bits per heavy atom. The Kier molecular flexibility index (Phi) is 3.75. The lowest BCUT2D eigenvalue weighted by Crippen LogP contribution is -2.02. The Labute approximate surface area is 123 Å². The second-order valence-corrected chi connectivity index (χ2v) is 4.65. The number of rotatable bonds is 4. The molecule has 106 valence electrons. The number of fused-ring (bicyclic) bond motifs is 1. The minimum Gasteiger partial charge on any atom is -0.377 e. The van der Waals surface area contributed by atoms with Crippen molar-refractivity contribution in [1.82, 2.24) is 15.0 Å². The van der Waals surface area contributed by atoms with Crippen LogP contribution in [-0.2, 0) is 11.3 Å². The Balaban J connectivity index is 2.10. The lowest BCUT2D eigenvalue weighted by atomic mass is 10.1. The van der Waals surface area contributed by atoms with E-state index in [0.29, 0.717) is 12.4 Å². The van der Waals surface area contributed by atoms with Gasteiger partial charge in [0.15, 0.2) is 5.82 Å². The van der Waals surface area contributed by atoms with Crippen molar-refractivity contribution in [2.24, 2.45) is 0 Å². The molecule has 0 saturated heterocycles. The third kappa shape index (κ3) is 2.83. The maximum atomic E-state index is 5.13. The first-order valence-electron chi connectivity index (χ1n) is 6.70. The SMILES string of the molecule is CNc1cc(-c2ccc3ncccc3c2)nc(COC)n1. The molecule has 5 heteroatoms. The zero-order valence-corrected chi connectivity index (χ0v) is 12.0. The van der Waals surface area contributed by atoms with E-state index in [0.717, 1.165) is 28.0 Å². The van der Waals surface area contributed by atoms with Crippen molar-refractivity contribution in [2.75, 3.05) is 19.5 Å². The van der Waals surface area contributed by atoms with Crippen LogP contribution in [0.3, 0.4) is 0 Å². The van der Waals surface area contributed by atoms with Gasteiger partial charge in [0.25, 0.3) is 0 Å². The number of nitrogens with one attached hydrogen (secondary N) is 1. The second kappa shape index (κ2) is 5.85. The number of methoxy groups -OCH3 is 1. The number of aromatic nitrogens is 3. The number of hydrogen-bond acceptors (Lipinski definition) is 5. The fourth-order valence-electron chi connectivity index (χ4n) is 2.20. The van der Waals surface area contributed by atoms with Gasteiger partial charge in [-0.05, 0) is 18.2 Å². The first-order valence-corrected chi connectivity index (χ1v) is 6.70. The predicted molar refractivity (Wildman–Crippen MR) is 83.0 cm³/mol. The summed E-state index contributed by atoms with van der Waals surface area (Å²) in [6.07, 6.45) is 1.79. The largest absolute Gasteiger partial charge is 0.377 e. The van der Waals surface area contributed by atoms with Gasteiger partial charge in [-0.1, -0.05) is 12.1 Å². The lowest BCUT2D eigenvalue weighted by molar-refractivity contribution is 0.178. The van der Waals surface area contributed by atoms with Gasteiger partial charge in [0.2, 0.25) is 0 Å².